The van der Waals surface area contributed by atoms with Crippen molar-refractivity contribution in [2.75, 3.05) is 0 Å². The van der Waals surface area contributed by atoms with Crippen molar-refractivity contribution in [1.29, 1.82) is 0 Å². The molecule has 1 aromatic carbocycles. The van der Waals surface area contributed by atoms with E-state index in [1.54, 1.807) is 0 Å². The average molecular weight is 356 g/mol. The molecule has 2 aliphatic rings. The van der Waals surface area contributed by atoms with E-state index in [1.165, 1.54) is 52.4 Å². The highest BCUT2D eigenvalue weighted by molar-refractivity contribution is 7.15. The number of halogens is 2. The number of aromatic nitrogens is 1. The molecule has 2 nitrogen and oxygen atoms in total. The Morgan fingerprint density at radius 2 is 1.84 bits per heavy atom. The Balaban J connectivity index is 1.65. The van der Waals surface area contributed by atoms with Crippen molar-refractivity contribution in [2.45, 2.75) is 38.3 Å². The third-order valence-corrected chi connectivity index (χ3v) is 6.59. The van der Waals surface area contributed by atoms with Crippen LogP contribution in [0.1, 0.15) is 46.1 Å². The van der Waals surface area contributed by atoms with E-state index in [4.69, 9.17) is 0 Å². The topological polar surface area (TPSA) is 17.0 Å². The number of nitrogens with zero attached hydrogens (tertiary/aromatic N) is 1. The van der Waals surface area contributed by atoms with Crippen LogP contribution in [-0.2, 0) is 19.4 Å². The van der Waals surface area contributed by atoms with Gasteiger partial charge < -0.3 is 9.88 Å². The minimum absolute atomic E-state index is 0.223. The van der Waals surface area contributed by atoms with Gasteiger partial charge in [-0.2, -0.15) is 0 Å². The molecule has 25 heavy (non-hydrogen) atoms. The lowest BCUT2D eigenvalue weighted by Gasteiger charge is -2.19. The zero-order valence-electron chi connectivity index (χ0n) is 13.7. The summed E-state index contributed by atoms with van der Waals surface area (Å²) in [5.41, 5.74) is 4.50. The molecular formula is C20H18F2N2S. The normalized spacial score (nSPS) is 19.0. The van der Waals surface area contributed by atoms with Crippen LogP contribution in [0.3, 0.4) is 0 Å². The van der Waals surface area contributed by atoms with Gasteiger partial charge in [-0.3, -0.25) is 0 Å². The number of nitrogens with one attached hydrogen (secondary N) is 1. The van der Waals surface area contributed by atoms with Gasteiger partial charge in [0.2, 0.25) is 0 Å². The van der Waals surface area contributed by atoms with Crippen LogP contribution in [-0.4, -0.2) is 4.57 Å². The molecule has 0 saturated heterocycles. The molecule has 0 radical (unpaired) electrons. The van der Waals surface area contributed by atoms with Crippen LogP contribution in [0.4, 0.5) is 8.78 Å². The fraction of sp³-hybridized carbons (Fsp3) is 0.300. The number of hydrogen-bond acceptors (Lipinski definition) is 2. The molecule has 1 aliphatic carbocycles. The number of benzene rings is 1. The van der Waals surface area contributed by atoms with Crippen LogP contribution in [0.5, 0.6) is 0 Å². The Morgan fingerprint density at radius 3 is 2.68 bits per heavy atom. The van der Waals surface area contributed by atoms with Crippen LogP contribution in [0.25, 0.3) is 5.00 Å². The first-order chi connectivity index (χ1) is 12.2. The second-order valence-electron chi connectivity index (χ2n) is 6.81. The Labute approximate surface area is 149 Å². The van der Waals surface area contributed by atoms with E-state index in [0.29, 0.717) is 5.56 Å². The van der Waals surface area contributed by atoms with Crippen molar-refractivity contribution in [2.24, 2.45) is 0 Å². The second-order valence-corrected chi connectivity index (χ2v) is 7.90. The van der Waals surface area contributed by atoms with Crippen LogP contribution in [0.2, 0.25) is 0 Å². The van der Waals surface area contributed by atoms with Gasteiger partial charge in [0, 0.05) is 34.9 Å². The Kier molecular flexibility index (Phi) is 3.54. The lowest BCUT2D eigenvalue weighted by Crippen LogP contribution is -2.22. The molecular weight excluding hydrogens is 338 g/mol. The smallest absolute Gasteiger partial charge is 0.126 e. The average Bonchev–Trinajstić information content (AvgIpc) is 3.16. The number of fused-ring (bicyclic) bond motifs is 5. The van der Waals surface area contributed by atoms with Gasteiger partial charge in [-0.1, -0.05) is 0 Å². The summed E-state index contributed by atoms with van der Waals surface area (Å²) in [6.45, 7) is 0.728. The first-order valence-corrected chi connectivity index (χ1v) is 9.53. The predicted octanol–water partition coefficient (Wildman–Crippen LogP) is 4.89. The zero-order valence-corrected chi connectivity index (χ0v) is 14.5. The van der Waals surface area contributed by atoms with E-state index in [0.717, 1.165) is 24.7 Å². The van der Waals surface area contributed by atoms with E-state index in [2.05, 4.69) is 16.1 Å². The zero-order chi connectivity index (χ0) is 17.0. The quantitative estimate of drug-likeness (QED) is 0.657. The van der Waals surface area contributed by atoms with Gasteiger partial charge >= 0.3 is 0 Å². The summed E-state index contributed by atoms with van der Waals surface area (Å²) in [5, 5.41) is 4.80. The van der Waals surface area contributed by atoms with Crippen LogP contribution >= 0.6 is 11.3 Å². The number of rotatable bonds is 1. The molecule has 0 fully saturated rings. The highest BCUT2D eigenvalue weighted by atomic mass is 32.1. The maximum atomic E-state index is 13.7. The third kappa shape index (κ3) is 2.45. The summed E-state index contributed by atoms with van der Waals surface area (Å²) >= 11 is 1.88. The highest BCUT2D eigenvalue weighted by Gasteiger charge is 2.28. The molecule has 5 heteroatoms. The first-order valence-electron chi connectivity index (χ1n) is 8.71. The van der Waals surface area contributed by atoms with Gasteiger partial charge in [-0.15, -0.1) is 11.3 Å². The Hall–Kier alpha value is -1.98. The summed E-state index contributed by atoms with van der Waals surface area (Å²) < 4.78 is 29.7. The molecule has 128 valence electrons. The van der Waals surface area contributed by atoms with Gasteiger partial charge in [0.15, 0.2) is 0 Å². The predicted molar refractivity (Wildman–Crippen MR) is 95.3 cm³/mol. The molecule has 0 amide bonds. The highest BCUT2D eigenvalue weighted by Crippen LogP contribution is 2.40. The molecule has 1 aliphatic heterocycles. The fourth-order valence-electron chi connectivity index (χ4n) is 4.15. The maximum Gasteiger partial charge on any atom is 0.126 e. The van der Waals surface area contributed by atoms with Crippen LogP contribution in [0, 0.1) is 11.6 Å². The first kappa shape index (κ1) is 15.3. The van der Waals surface area contributed by atoms with E-state index in [9.17, 15) is 8.78 Å². The van der Waals surface area contributed by atoms with Crippen LogP contribution < -0.4 is 5.32 Å². The molecule has 1 N–H and O–H groups in total. The van der Waals surface area contributed by atoms with Gasteiger partial charge in [0.05, 0.1) is 6.04 Å². The SMILES string of the molecule is Fc1cc(F)cc(C2NCc3c(sc4c3CCCC4)-n3cccc32)c1. The van der Waals surface area contributed by atoms with Crippen molar-refractivity contribution < 1.29 is 8.78 Å². The summed E-state index contributed by atoms with van der Waals surface area (Å²) in [4.78, 5) is 1.51. The fourth-order valence-corrected chi connectivity index (χ4v) is 5.56. The minimum atomic E-state index is -0.536. The largest absolute Gasteiger partial charge is 0.310 e. The Morgan fingerprint density at radius 1 is 1.04 bits per heavy atom. The van der Waals surface area contributed by atoms with E-state index in [1.807, 2.05) is 23.5 Å². The van der Waals surface area contributed by atoms with Gasteiger partial charge in [0.1, 0.15) is 16.6 Å². The number of thiophene rings is 1. The van der Waals surface area contributed by atoms with Crippen molar-refractivity contribution in [3.05, 3.63) is 75.4 Å². The summed E-state index contributed by atoms with van der Waals surface area (Å²) in [6.07, 6.45) is 6.88. The standard InChI is InChI=1S/C20H18F2N2S/c21-13-8-12(9-14(22)10-13)19-17-5-3-7-24(17)20-16(11-23-19)15-4-1-2-6-18(15)25-20/h3,5,7-10,19,23H,1-2,4,6,11H2. The van der Waals surface area contributed by atoms with Crippen molar-refractivity contribution >= 4 is 11.3 Å². The Bertz CT molecular complexity index is 937. The molecule has 2 aromatic heterocycles. The van der Waals surface area contributed by atoms with Gasteiger partial charge in [-0.25, -0.2) is 8.78 Å². The van der Waals surface area contributed by atoms with Crippen molar-refractivity contribution in [3.8, 4) is 5.00 Å². The van der Waals surface area contributed by atoms with E-state index in [-0.39, 0.29) is 6.04 Å². The second kappa shape index (κ2) is 5.78. The monoisotopic (exact) mass is 356 g/mol. The van der Waals surface area contributed by atoms with Crippen molar-refractivity contribution in [1.82, 2.24) is 9.88 Å². The molecule has 3 heterocycles. The molecule has 1 unspecified atom stereocenters. The summed E-state index contributed by atoms with van der Waals surface area (Å²) in [7, 11) is 0. The number of aryl methyl sites for hydroxylation is 1. The number of hydrogen-bond donors (Lipinski definition) is 1. The van der Waals surface area contributed by atoms with E-state index >= 15 is 0 Å². The van der Waals surface area contributed by atoms with Gasteiger partial charge in [0.25, 0.3) is 0 Å². The molecule has 5 rings (SSSR count). The summed E-state index contributed by atoms with van der Waals surface area (Å²) in [5.74, 6) is -1.07. The molecule has 0 bridgehead atoms. The molecule has 0 spiro atoms. The molecule has 1 atom stereocenters. The third-order valence-electron chi connectivity index (χ3n) is 5.26. The van der Waals surface area contributed by atoms with E-state index < -0.39 is 11.6 Å². The minimum Gasteiger partial charge on any atom is -0.310 e. The molecule has 0 saturated carbocycles. The van der Waals surface area contributed by atoms with Crippen LogP contribution in [0.15, 0.2) is 36.5 Å². The lowest BCUT2D eigenvalue weighted by molar-refractivity contribution is 0.556. The lowest BCUT2D eigenvalue weighted by atomic mass is 9.95. The molecule has 3 aromatic rings. The maximum absolute atomic E-state index is 13.7. The summed E-state index contributed by atoms with van der Waals surface area (Å²) in [6, 6.07) is 7.59. The van der Waals surface area contributed by atoms with Gasteiger partial charge in [-0.05, 0) is 61.1 Å². The van der Waals surface area contributed by atoms with Crippen molar-refractivity contribution in [3.63, 3.8) is 0 Å².